The van der Waals surface area contributed by atoms with Crippen molar-refractivity contribution in [2.24, 2.45) is 0 Å². The van der Waals surface area contributed by atoms with Crippen LogP contribution in [0.15, 0.2) is 0 Å². The van der Waals surface area contributed by atoms with Crippen LogP contribution >= 0.6 is 0 Å². The summed E-state index contributed by atoms with van der Waals surface area (Å²) in [6, 6.07) is 0. The third-order valence-corrected chi connectivity index (χ3v) is 1.29. The summed E-state index contributed by atoms with van der Waals surface area (Å²) in [6.07, 6.45) is -2.29. The number of rotatable bonds is 5. The molecule has 0 saturated carbocycles. The first kappa shape index (κ1) is 16.0. The van der Waals surface area contributed by atoms with Crippen LogP contribution in [0.5, 0.6) is 0 Å². The topological polar surface area (TPSA) is 132 Å². The van der Waals surface area contributed by atoms with Crippen molar-refractivity contribution in [3.8, 4) is 0 Å². The summed E-state index contributed by atoms with van der Waals surface area (Å²) < 4.78 is 0. The van der Waals surface area contributed by atoms with E-state index in [1.165, 1.54) is 0 Å². The molecule has 7 nitrogen and oxygen atoms in total. The van der Waals surface area contributed by atoms with Gasteiger partial charge in [0.15, 0.2) is 5.60 Å². The monoisotopic (exact) mass is 361 g/mol. The molecule has 0 rings (SSSR count). The standard InChI is InChI=1S/C6H8O7.Tm/c7-3(8)1-6(13,5(11)12)2-4(9)10;/h13H,1-2H2,(H,7,8)(H,9,10)(H,11,12);. The van der Waals surface area contributed by atoms with Crippen LogP contribution in [0.1, 0.15) is 12.8 Å². The Kier molecular flexibility index (Phi) is 7.06. The van der Waals surface area contributed by atoms with Crippen LogP contribution in [-0.4, -0.2) is 43.9 Å². The van der Waals surface area contributed by atoms with Crippen molar-refractivity contribution in [2.45, 2.75) is 18.4 Å². The van der Waals surface area contributed by atoms with Gasteiger partial charge in [0.1, 0.15) is 0 Å². The first-order chi connectivity index (χ1) is 5.78. The molecule has 8 heteroatoms. The van der Waals surface area contributed by atoms with Gasteiger partial charge < -0.3 is 20.4 Å². The average Bonchev–Trinajstić information content (AvgIpc) is 1.82. The molecule has 0 aliphatic heterocycles. The van der Waals surface area contributed by atoms with Gasteiger partial charge in [-0.25, -0.2) is 4.79 Å². The van der Waals surface area contributed by atoms with Crippen molar-refractivity contribution < 1.29 is 71.7 Å². The molecule has 4 N–H and O–H groups in total. The first-order valence-corrected chi connectivity index (χ1v) is 3.17. The van der Waals surface area contributed by atoms with Crippen molar-refractivity contribution in [3.05, 3.63) is 0 Å². The molecule has 0 aliphatic rings. The second kappa shape index (κ2) is 6.16. The van der Waals surface area contributed by atoms with E-state index in [9.17, 15) is 14.4 Å². The van der Waals surface area contributed by atoms with E-state index >= 15 is 0 Å². The zero-order valence-electron chi connectivity index (χ0n) is 6.71. The zero-order valence-corrected chi connectivity index (χ0v) is 8.48. The fraction of sp³-hybridized carbons (Fsp3) is 0.500. The van der Waals surface area contributed by atoms with E-state index in [1.807, 2.05) is 0 Å². The van der Waals surface area contributed by atoms with E-state index in [4.69, 9.17) is 20.4 Å². The third-order valence-electron chi connectivity index (χ3n) is 1.29. The van der Waals surface area contributed by atoms with Gasteiger partial charge in [-0.3, -0.25) is 9.59 Å². The summed E-state index contributed by atoms with van der Waals surface area (Å²) in [5.74, 6) is -5.02. The summed E-state index contributed by atoms with van der Waals surface area (Å²) in [5.41, 5.74) is -2.74. The van der Waals surface area contributed by atoms with Crippen molar-refractivity contribution in [3.63, 3.8) is 0 Å². The molecule has 1 radical (unpaired) electrons. The largest absolute Gasteiger partial charge is 0.481 e. The summed E-state index contributed by atoms with van der Waals surface area (Å²) in [4.78, 5) is 30.5. The molecule has 0 aromatic carbocycles. The van der Waals surface area contributed by atoms with Gasteiger partial charge in [-0.05, 0) is 0 Å². The Bertz CT molecular complexity index is 233. The van der Waals surface area contributed by atoms with Crippen LogP contribution in [0.4, 0.5) is 0 Å². The second-order valence-electron chi connectivity index (χ2n) is 2.48. The number of hydrogen-bond donors (Lipinski definition) is 4. The number of carboxylic acids is 3. The fourth-order valence-electron chi connectivity index (χ4n) is 0.714. The smallest absolute Gasteiger partial charge is 0.336 e. The third kappa shape index (κ3) is 5.36. The van der Waals surface area contributed by atoms with Gasteiger partial charge >= 0.3 is 17.9 Å². The van der Waals surface area contributed by atoms with Crippen molar-refractivity contribution >= 4 is 17.9 Å². The van der Waals surface area contributed by atoms with Crippen LogP contribution in [0.25, 0.3) is 0 Å². The van der Waals surface area contributed by atoms with E-state index < -0.39 is 36.4 Å². The SMILES string of the molecule is O=C(O)CC(O)(CC(=O)O)C(=O)O.[Tm]. The molecule has 0 saturated heterocycles. The number of hydrogen-bond acceptors (Lipinski definition) is 4. The molecule has 87 valence electrons. The maximum atomic E-state index is 10.3. The van der Waals surface area contributed by atoms with Gasteiger partial charge in [0, 0.05) is 36.9 Å². The van der Waals surface area contributed by atoms with Crippen molar-refractivity contribution in [1.82, 2.24) is 0 Å². The molecule has 0 aromatic rings. The van der Waals surface area contributed by atoms with E-state index in [0.29, 0.717) is 0 Å². The Labute approximate surface area is 108 Å². The van der Waals surface area contributed by atoms with Crippen LogP contribution in [0.3, 0.4) is 0 Å². The van der Waals surface area contributed by atoms with Gasteiger partial charge in [0.2, 0.25) is 0 Å². The van der Waals surface area contributed by atoms with Gasteiger partial charge in [0.05, 0.1) is 12.8 Å². The molecule has 14 heavy (non-hydrogen) atoms. The molecule has 0 bridgehead atoms. The van der Waals surface area contributed by atoms with Gasteiger partial charge in [-0.15, -0.1) is 0 Å². The second-order valence-corrected chi connectivity index (χ2v) is 2.48. The van der Waals surface area contributed by atoms with Gasteiger partial charge in [-0.2, -0.15) is 0 Å². The van der Waals surface area contributed by atoms with E-state index in [1.54, 1.807) is 0 Å². The predicted octanol–water partition coefficient (Wildman–Crippen LogP) is -1.25. The molecule has 0 fully saturated rings. The summed E-state index contributed by atoms with van der Waals surface area (Å²) >= 11 is 0. The Morgan fingerprint density at radius 3 is 1.36 bits per heavy atom. The molecule has 0 unspecified atom stereocenters. The Hall–Kier alpha value is -0.396. The fourth-order valence-corrected chi connectivity index (χ4v) is 0.714. The van der Waals surface area contributed by atoms with Crippen molar-refractivity contribution in [1.29, 1.82) is 0 Å². The average molecular weight is 361 g/mol. The predicted molar refractivity (Wildman–Crippen MR) is 37.1 cm³/mol. The zero-order chi connectivity index (χ0) is 10.6. The molecule has 0 aliphatic carbocycles. The van der Waals surface area contributed by atoms with E-state index in [-0.39, 0.29) is 36.9 Å². The number of carbonyl (C=O) groups is 3. The first-order valence-electron chi connectivity index (χ1n) is 3.17. The molecule has 0 amide bonds. The summed E-state index contributed by atoms with van der Waals surface area (Å²) in [6.45, 7) is 0. The van der Waals surface area contributed by atoms with Crippen LogP contribution in [-0.2, 0) is 14.4 Å². The van der Waals surface area contributed by atoms with E-state index in [0.717, 1.165) is 0 Å². The van der Waals surface area contributed by atoms with Gasteiger partial charge in [-0.1, -0.05) is 0 Å². The molecule has 0 heterocycles. The van der Waals surface area contributed by atoms with Gasteiger partial charge in [0.25, 0.3) is 0 Å². The Balaban J connectivity index is 0. The minimum Gasteiger partial charge on any atom is -0.481 e. The Morgan fingerprint density at radius 2 is 1.21 bits per heavy atom. The minimum atomic E-state index is -2.74. The number of carboxylic acid groups (broad SMARTS) is 3. The minimum absolute atomic E-state index is 0. The molecule has 0 aromatic heterocycles. The summed E-state index contributed by atoms with van der Waals surface area (Å²) in [7, 11) is 0. The molecule has 0 spiro atoms. The van der Waals surface area contributed by atoms with Crippen LogP contribution < -0.4 is 0 Å². The number of aliphatic carboxylic acids is 3. The number of aliphatic hydroxyl groups is 1. The quantitative estimate of drug-likeness (QED) is 0.481. The Morgan fingerprint density at radius 1 is 0.929 bits per heavy atom. The molecule has 0 atom stereocenters. The molecular weight excluding hydrogens is 353 g/mol. The van der Waals surface area contributed by atoms with Crippen molar-refractivity contribution in [2.75, 3.05) is 0 Å². The van der Waals surface area contributed by atoms with Crippen LogP contribution in [0.2, 0.25) is 0 Å². The van der Waals surface area contributed by atoms with E-state index in [2.05, 4.69) is 0 Å². The maximum Gasteiger partial charge on any atom is 0.336 e. The summed E-state index contributed by atoms with van der Waals surface area (Å²) in [5, 5.41) is 33.8. The molecular formula is C6H8O7Tm. The normalized spacial score (nSPS) is 10.1. The maximum absolute atomic E-state index is 10.3. The van der Waals surface area contributed by atoms with Crippen LogP contribution in [0, 0.1) is 36.9 Å².